The van der Waals surface area contributed by atoms with E-state index in [0.29, 0.717) is 6.54 Å². The Balaban J connectivity index is 2.17. The van der Waals surface area contributed by atoms with Crippen molar-refractivity contribution in [2.45, 2.75) is 22.5 Å². The summed E-state index contributed by atoms with van der Waals surface area (Å²) in [4.78, 5) is 10.5. The first kappa shape index (κ1) is 14.9. The molecule has 0 aliphatic heterocycles. The summed E-state index contributed by atoms with van der Waals surface area (Å²) in [7, 11) is -3.77. The summed E-state index contributed by atoms with van der Waals surface area (Å²) in [6.45, 7) is 0.330. The van der Waals surface area contributed by atoms with Crippen LogP contribution in [-0.4, -0.2) is 37.0 Å². The van der Waals surface area contributed by atoms with Crippen LogP contribution in [0.4, 0.5) is 0 Å². The highest BCUT2D eigenvalue weighted by atomic mass is 79.9. The molecule has 0 amide bonds. The van der Waals surface area contributed by atoms with Crippen molar-refractivity contribution < 1.29 is 22.7 Å². The van der Waals surface area contributed by atoms with E-state index in [4.69, 9.17) is 9.52 Å². The van der Waals surface area contributed by atoms with E-state index in [1.54, 1.807) is 11.8 Å². The highest BCUT2D eigenvalue weighted by Crippen LogP contribution is 2.46. The maximum Gasteiger partial charge on any atom is 0.371 e. The largest absolute Gasteiger partial charge is 0.475 e. The van der Waals surface area contributed by atoms with Gasteiger partial charge in [-0.05, 0) is 35.0 Å². The molecule has 0 spiro atoms. The number of furan rings is 1. The minimum absolute atomic E-state index is 0.0150. The number of hydrogen-bond donors (Lipinski definition) is 2. The Morgan fingerprint density at radius 1 is 1.63 bits per heavy atom. The molecule has 0 radical (unpaired) electrons. The van der Waals surface area contributed by atoms with Crippen molar-refractivity contribution in [1.82, 2.24) is 4.72 Å². The van der Waals surface area contributed by atoms with Gasteiger partial charge in [-0.25, -0.2) is 17.9 Å². The van der Waals surface area contributed by atoms with Crippen molar-refractivity contribution in [3.8, 4) is 0 Å². The third kappa shape index (κ3) is 3.15. The Hall–Kier alpha value is -0.510. The molecule has 106 valence electrons. The van der Waals surface area contributed by atoms with Crippen molar-refractivity contribution in [3.05, 3.63) is 16.5 Å². The monoisotopic (exact) mass is 369 g/mol. The quantitative estimate of drug-likeness (QED) is 0.794. The number of carbonyl (C=O) groups is 1. The number of carboxylic acids is 1. The molecule has 9 heteroatoms. The van der Waals surface area contributed by atoms with Gasteiger partial charge >= 0.3 is 5.97 Å². The molecule has 1 aliphatic rings. The van der Waals surface area contributed by atoms with Gasteiger partial charge in [-0.3, -0.25) is 0 Å². The zero-order valence-electron chi connectivity index (χ0n) is 9.97. The van der Waals surface area contributed by atoms with Crippen LogP contribution in [0.3, 0.4) is 0 Å². The Kier molecular flexibility index (Phi) is 4.01. The van der Waals surface area contributed by atoms with Crippen molar-refractivity contribution in [2.75, 3.05) is 12.8 Å². The third-order valence-corrected chi connectivity index (χ3v) is 6.66. The van der Waals surface area contributed by atoms with Crippen LogP contribution in [-0.2, 0) is 10.0 Å². The molecule has 6 nitrogen and oxygen atoms in total. The van der Waals surface area contributed by atoms with Gasteiger partial charge in [0.05, 0.1) is 0 Å². The summed E-state index contributed by atoms with van der Waals surface area (Å²) >= 11 is 4.55. The fourth-order valence-electron chi connectivity index (χ4n) is 1.54. The molecule has 1 saturated carbocycles. The molecule has 0 atom stereocenters. The fraction of sp³-hybridized carbons (Fsp3) is 0.500. The maximum atomic E-state index is 12.1. The molecule has 1 aromatic rings. The Morgan fingerprint density at radius 2 is 2.26 bits per heavy atom. The van der Waals surface area contributed by atoms with Gasteiger partial charge in [0, 0.05) is 17.4 Å². The van der Waals surface area contributed by atoms with Crippen LogP contribution in [0, 0.1) is 0 Å². The first-order valence-corrected chi connectivity index (χ1v) is 8.87. The molecule has 2 rings (SSSR count). The van der Waals surface area contributed by atoms with E-state index in [9.17, 15) is 13.2 Å². The van der Waals surface area contributed by atoms with E-state index in [1.807, 2.05) is 6.26 Å². The Labute approximate surface area is 123 Å². The van der Waals surface area contributed by atoms with Gasteiger partial charge in [-0.1, -0.05) is 0 Å². The fourth-order valence-corrected chi connectivity index (χ4v) is 4.42. The van der Waals surface area contributed by atoms with Gasteiger partial charge in [0.25, 0.3) is 0 Å². The zero-order valence-corrected chi connectivity index (χ0v) is 13.2. The molecule has 1 heterocycles. The van der Waals surface area contributed by atoms with Crippen LogP contribution in [0.5, 0.6) is 0 Å². The van der Waals surface area contributed by atoms with Crippen LogP contribution in [0.2, 0.25) is 0 Å². The van der Waals surface area contributed by atoms with E-state index in [1.165, 1.54) is 0 Å². The number of hydrogen-bond acceptors (Lipinski definition) is 5. The predicted octanol–water partition coefficient (Wildman–Crippen LogP) is 1.91. The number of nitrogens with one attached hydrogen (secondary N) is 1. The van der Waals surface area contributed by atoms with Gasteiger partial charge in [0.2, 0.25) is 15.8 Å². The lowest BCUT2D eigenvalue weighted by Crippen LogP contribution is -2.31. The number of rotatable bonds is 6. The van der Waals surface area contributed by atoms with Crippen molar-refractivity contribution >= 4 is 43.7 Å². The van der Waals surface area contributed by atoms with Crippen LogP contribution >= 0.6 is 27.7 Å². The van der Waals surface area contributed by atoms with Gasteiger partial charge in [-0.2, -0.15) is 11.8 Å². The zero-order chi connectivity index (χ0) is 14.3. The molecule has 2 N–H and O–H groups in total. The summed E-state index contributed by atoms with van der Waals surface area (Å²) in [5.74, 6) is -1.73. The lowest BCUT2D eigenvalue weighted by Gasteiger charge is -2.12. The van der Waals surface area contributed by atoms with E-state index >= 15 is 0 Å². The second kappa shape index (κ2) is 5.12. The number of aromatic carboxylic acids is 1. The molecule has 1 aromatic heterocycles. The van der Waals surface area contributed by atoms with Crippen LogP contribution in [0.15, 0.2) is 20.0 Å². The molecule has 0 bridgehead atoms. The smallest absolute Gasteiger partial charge is 0.371 e. The van der Waals surface area contributed by atoms with Crippen LogP contribution < -0.4 is 4.72 Å². The van der Waals surface area contributed by atoms with Gasteiger partial charge in [0.15, 0.2) is 4.67 Å². The molecule has 0 saturated heterocycles. The van der Waals surface area contributed by atoms with E-state index in [0.717, 1.165) is 18.9 Å². The topological polar surface area (TPSA) is 96.6 Å². The molecule has 1 fully saturated rings. The average molecular weight is 370 g/mol. The number of sulfonamides is 1. The molecule has 0 unspecified atom stereocenters. The normalized spacial score (nSPS) is 17.4. The molecule has 0 aromatic carbocycles. The predicted molar refractivity (Wildman–Crippen MR) is 74.0 cm³/mol. The van der Waals surface area contributed by atoms with Crippen molar-refractivity contribution in [2.24, 2.45) is 0 Å². The number of carboxylic acid groups (broad SMARTS) is 1. The lowest BCUT2D eigenvalue weighted by atomic mass is 10.4. The van der Waals surface area contributed by atoms with Crippen LogP contribution in [0.25, 0.3) is 0 Å². The standard InChI is InChI=1S/C10H12BrNO5S2/c1-18-10(2-3-10)5-12-19(15,16)7-4-6(9(13)14)17-8(7)11/h4,12H,2-3,5H2,1H3,(H,13,14). The van der Waals surface area contributed by atoms with Gasteiger partial charge < -0.3 is 9.52 Å². The first-order chi connectivity index (χ1) is 8.80. The SMILES string of the molecule is CSC1(CNS(=O)(=O)c2cc(C(=O)O)oc2Br)CC1. The number of thioether (sulfide) groups is 1. The lowest BCUT2D eigenvalue weighted by molar-refractivity contribution is 0.0661. The van der Waals surface area contributed by atoms with Crippen LogP contribution in [0.1, 0.15) is 23.4 Å². The second-order valence-electron chi connectivity index (χ2n) is 4.27. The molecule has 19 heavy (non-hydrogen) atoms. The van der Waals surface area contributed by atoms with E-state index < -0.39 is 21.8 Å². The van der Waals surface area contributed by atoms with E-state index in [-0.39, 0.29) is 14.3 Å². The summed E-state index contributed by atoms with van der Waals surface area (Å²) in [5.41, 5.74) is 0. The Bertz CT molecular complexity index is 605. The molecule has 1 aliphatic carbocycles. The highest BCUT2D eigenvalue weighted by Gasteiger charge is 2.42. The van der Waals surface area contributed by atoms with Crippen molar-refractivity contribution in [3.63, 3.8) is 0 Å². The molecular weight excluding hydrogens is 358 g/mol. The minimum atomic E-state index is -3.77. The van der Waals surface area contributed by atoms with Crippen molar-refractivity contribution in [1.29, 1.82) is 0 Å². The highest BCUT2D eigenvalue weighted by molar-refractivity contribution is 9.10. The van der Waals surface area contributed by atoms with E-state index in [2.05, 4.69) is 20.7 Å². The Morgan fingerprint density at radius 3 is 2.68 bits per heavy atom. The summed E-state index contributed by atoms with van der Waals surface area (Å²) in [5, 5.41) is 8.76. The maximum absolute atomic E-state index is 12.1. The summed E-state index contributed by atoms with van der Waals surface area (Å²) in [6.07, 6.45) is 3.89. The van der Waals surface area contributed by atoms with Gasteiger partial charge in [0.1, 0.15) is 4.90 Å². The summed E-state index contributed by atoms with van der Waals surface area (Å²) < 4.78 is 31.4. The molecular formula is C10H12BrNO5S2. The second-order valence-corrected chi connectivity index (χ2v) is 8.00. The number of halogens is 1. The van der Waals surface area contributed by atoms with Gasteiger partial charge in [-0.15, -0.1) is 0 Å². The average Bonchev–Trinajstić information content (AvgIpc) is 3.02. The first-order valence-electron chi connectivity index (χ1n) is 5.37. The minimum Gasteiger partial charge on any atom is -0.475 e. The third-order valence-electron chi connectivity index (χ3n) is 2.98. The summed E-state index contributed by atoms with van der Waals surface area (Å²) in [6, 6.07) is 0.993.